The van der Waals surface area contributed by atoms with E-state index >= 15 is 0 Å². The monoisotopic (exact) mass is 210 g/mol. The zero-order valence-corrected chi connectivity index (χ0v) is 8.07. The van der Waals surface area contributed by atoms with E-state index in [-0.39, 0.29) is 12.2 Å². The van der Waals surface area contributed by atoms with Crippen LogP contribution in [0.2, 0.25) is 0 Å². The van der Waals surface area contributed by atoms with Gasteiger partial charge in [-0.25, -0.2) is 9.18 Å². The Hall–Kier alpha value is -1.68. The average molecular weight is 210 g/mol. The number of ether oxygens (including phenoxy) is 1. The maximum Gasteiger partial charge on any atom is 0.335 e. The number of benzene rings is 1. The van der Waals surface area contributed by atoms with Crippen molar-refractivity contribution in [3.05, 3.63) is 47.8 Å². The van der Waals surface area contributed by atoms with Gasteiger partial charge in [-0.1, -0.05) is 12.1 Å². The van der Waals surface area contributed by atoms with Gasteiger partial charge < -0.3 is 9.84 Å². The first-order valence-electron chi connectivity index (χ1n) is 4.35. The van der Waals surface area contributed by atoms with Gasteiger partial charge in [0, 0.05) is 5.56 Å². The van der Waals surface area contributed by atoms with Crippen molar-refractivity contribution < 1.29 is 19.0 Å². The van der Waals surface area contributed by atoms with Gasteiger partial charge in [0.1, 0.15) is 5.82 Å². The third-order valence-corrected chi connectivity index (χ3v) is 1.79. The molecule has 0 heterocycles. The number of hydrogen-bond donors (Lipinski definition) is 1. The summed E-state index contributed by atoms with van der Waals surface area (Å²) in [4.78, 5) is 10.5. The molecule has 1 aromatic rings. The minimum atomic E-state index is -1.15. The molecule has 0 aliphatic rings. The molecule has 80 valence electrons. The Morgan fingerprint density at radius 3 is 2.87 bits per heavy atom. The third-order valence-electron chi connectivity index (χ3n) is 1.79. The molecule has 1 N–H and O–H groups in total. The van der Waals surface area contributed by atoms with Crippen molar-refractivity contribution in [1.29, 1.82) is 0 Å². The summed E-state index contributed by atoms with van der Waals surface area (Å²) in [6, 6.07) is 3.73. The molecule has 0 bridgehead atoms. The molecule has 0 aliphatic heterocycles. The number of carboxylic acid groups (broad SMARTS) is 1. The van der Waals surface area contributed by atoms with Crippen molar-refractivity contribution in [3.63, 3.8) is 0 Å². The van der Waals surface area contributed by atoms with Crippen LogP contribution in [0.4, 0.5) is 4.39 Å². The first-order valence-corrected chi connectivity index (χ1v) is 4.35. The largest absolute Gasteiger partial charge is 0.478 e. The fourth-order valence-electron chi connectivity index (χ4n) is 1.05. The van der Waals surface area contributed by atoms with Crippen molar-refractivity contribution in [2.24, 2.45) is 0 Å². The van der Waals surface area contributed by atoms with E-state index in [4.69, 9.17) is 9.84 Å². The van der Waals surface area contributed by atoms with Crippen molar-refractivity contribution in [2.45, 2.75) is 6.61 Å². The van der Waals surface area contributed by atoms with Crippen LogP contribution in [0.15, 0.2) is 30.9 Å². The minimum absolute atomic E-state index is 0.0695. The normalized spacial score (nSPS) is 9.93. The predicted octanol–water partition coefficient (Wildman–Crippen LogP) is 2.23. The van der Waals surface area contributed by atoms with E-state index in [9.17, 15) is 9.18 Å². The van der Waals surface area contributed by atoms with Gasteiger partial charge in [0.15, 0.2) is 0 Å². The molecule has 0 spiro atoms. The lowest BCUT2D eigenvalue weighted by Gasteiger charge is -2.04. The second kappa shape index (κ2) is 5.26. The number of carboxylic acids is 1. The van der Waals surface area contributed by atoms with E-state index in [1.807, 2.05) is 0 Å². The van der Waals surface area contributed by atoms with Crippen molar-refractivity contribution in [2.75, 3.05) is 6.61 Å². The Labute approximate surface area is 86.8 Å². The molecule has 4 heteroatoms. The highest BCUT2D eigenvalue weighted by atomic mass is 19.1. The summed E-state index contributed by atoms with van der Waals surface area (Å²) in [6.07, 6.45) is 1.56. The van der Waals surface area contributed by atoms with Crippen LogP contribution in [0.1, 0.15) is 15.9 Å². The third kappa shape index (κ3) is 3.18. The molecular formula is C11H11FO3. The van der Waals surface area contributed by atoms with Gasteiger partial charge in [0.05, 0.1) is 18.8 Å². The summed E-state index contributed by atoms with van der Waals surface area (Å²) in [5, 5.41) is 8.60. The molecular weight excluding hydrogens is 199 g/mol. The Morgan fingerprint density at radius 1 is 1.60 bits per heavy atom. The van der Waals surface area contributed by atoms with E-state index in [0.717, 1.165) is 6.07 Å². The van der Waals surface area contributed by atoms with E-state index in [2.05, 4.69) is 6.58 Å². The smallest absolute Gasteiger partial charge is 0.335 e. The Morgan fingerprint density at radius 2 is 2.33 bits per heavy atom. The van der Waals surface area contributed by atoms with Crippen molar-refractivity contribution in [3.8, 4) is 0 Å². The molecule has 0 saturated heterocycles. The highest BCUT2D eigenvalue weighted by Crippen LogP contribution is 2.11. The highest BCUT2D eigenvalue weighted by Gasteiger charge is 2.07. The molecule has 0 unspecified atom stereocenters. The fraction of sp³-hybridized carbons (Fsp3) is 0.182. The fourth-order valence-corrected chi connectivity index (χ4v) is 1.05. The molecule has 15 heavy (non-hydrogen) atoms. The van der Waals surface area contributed by atoms with Crippen molar-refractivity contribution in [1.82, 2.24) is 0 Å². The molecule has 0 aliphatic carbocycles. The standard InChI is InChI=1S/C11H11FO3/c1-2-5-15-7-9-4-3-8(11(13)14)6-10(9)12/h2-4,6H,1,5,7H2,(H,13,14). The summed E-state index contributed by atoms with van der Waals surface area (Å²) in [5.74, 6) is -1.72. The van der Waals surface area contributed by atoms with Crippen LogP contribution >= 0.6 is 0 Å². The maximum absolute atomic E-state index is 13.3. The zero-order chi connectivity index (χ0) is 11.3. The SMILES string of the molecule is C=CCOCc1ccc(C(=O)O)cc1F. The molecule has 0 aromatic heterocycles. The second-order valence-corrected chi connectivity index (χ2v) is 2.92. The van der Waals surface area contributed by atoms with Crippen LogP contribution in [-0.2, 0) is 11.3 Å². The molecule has 3 nitrogen and oxygen atoms in total. The quantitative estimate of drug-likeness (QED) is 0.598. The summed E-state index contributed by atoms with van der Waals surface area (Å²) in [5.41, 5.74) is 0.266. The van der Waals surface area contributed by atoms with E-state index in [1.54, 1.807) is 6.08 Å². The average Bonchev–Trinajstić information content (AvgIpc) is 2.20. The molecule has 0 radical (unpaired) electrons. The lowest BCUT2D eigenvalue weighted by atomic mass is 10.1. The highest BCUT2D eigenvalue weighted by molar-refractivity contribution is 5.87. The lowest BCUT2D eigenvalue weighted by Crippen LogP contribution is -2.01. The summed E-state index contributed by atoms with van der Waals surface area (Å²) in [7, 11) is 0. The van der Waals surface area contributed by atoms with Crippen LogP contribution in [0, 0.1) is 5.82 Å². The number of halogens is 1. The molecule has 0 amide bonds. The predicted molar refractivity (Wildman–Crippen MR) is 53.2 cm³/mol. The van der Waals surface area contributed by atoms with Gasteiger partial charge in [-0.05, 0) is 12.1 Å². The van der Waals surface area contributed by atoms with E-state index in [0.29, 0.717) is 12.2 Å². The van der Waals surface area contributed by atoms with Gasteiger partial charge in [0.2, 0.25) is 0 Å². The number of carbonyl (C=O) groups is 1. The van der Waals surface area contributed by atoms with E-state index in [1.165, 1.54) is 12.1 Å². The molecule has 1 rings (SSSR count). The Balaban J connectivity index is 2.74. The van der Waals surface area contributed by atoms with Gasteiger partial charge in [-0.2, -0.15) is 0 Å². The topological polar surface area (TPSA) is 46.5 Å². The molecule has 0 fully saturated rings. The number of aromatic carboxylic acids is 1. The van der Waals surface area contributed by atoms with Crippen LogP contribution in [0.25, 0.3) is 0 Å². The first-order chi connectivity index (χ1) is 7.15. The Kier molecular flexibility index (Phi) is 4.00. The van der Waals surface area contributed by atoms with Gasteiger partial charge in [-0.15, -0.1) is 6.58 Å². The maximum atomic E-state index is 13.3. The van der Waals surface area contributed by atoms with Gasteiger partial charge in [-0.3, -0.25) is 0 Å². The molecule has 1 aromatic carbocycles. The Bertz CT molecular complexity index is 374. The minimum Gasteiger partial charge on any atom is -0.478 e. The van der Waals surface area contributed by atoms with E-state index < -0.39 is 11.8 Å². The molecule has 0 atom stereocenters. The number of rotatable bonds is 5. The van der Waals surface area contributed by atoms with Crippen LogP contribution in [-0.4, -0.2) is 17.7 Å². The van der Waals surface area contributed by atoms with Gasteiger partial charge >= 0.3 is 5.97 Å². The van der Waals surface area contributed by atoms with Crippen LogP contribution < -0.4 is 0 Å². The second-order valence-electron chi connectivity index (χ2n) is 2.92. The van der Waals surface area contributed by atoms with Crippen LogP contribution in [0.5, 0.6) is 0 Å². The summed E-state index contributed by atoms with van der Waals surface area (Å²) < 4.78 is 18.3. The summed E-state index contributed by atoms with van der Waals surface area (Å²) >= 11 is 0. The summed E-state index contributed by atoms with van der Waals surface area (Å²) in [6.45, 7) is 3.90. The van der Waals surface area contributed by atoms with Crippen LogP contribution in [0.3, 0.4) is 0 Å². The molecule has 0 saturated carbocycles. The zero-order valence-electron chi connectivity index (χ0n) is 8.07. The van der Waals surface area contributed by atoms with Gasteiger partial charge in [0.25, 0.3) is 0 Å². The van der Waals surface area contributed by atoms with Crippen molar-refractivity contribution >= 4 is 5.97 Å². The number of hydrogen-bond acceptors (Lipinski definition) is 2. The first kappa shape index (κ1) is 11.4. The lowest BCUT2D eigenvalue weighted by molar-refractivity contribution is 0.0696.